The van der Waals surface area contributed by atoms with Crippen molar-refractivity contribution in [2.24, 2.45) is 5.92 Å². The van der Waals surface area contributed by atoms with Crippen molar-refractivity contribution in [3.63, 3.8) is 0 Å². The summed E-state index contributed by atoms with van der Waals surface area (Å²) in [6, 6.07) is 0. The molecule has 0 amide bonds. The van der Waals surface area contributed by atoms with Crippen LogP contribution in [0.1, 0.15) is 53.9 Å². The van der Waals surface area contributed by atoms with Crippen LogP contribution in [-0.2, 0) is 14.3 Å². The van der Waals surface area contributed by atoms with Crippen molar-refractivity contribution < 1.29 is 14.3 Å². The molecule has 4 heteroatoms. The van der Waals surface area contributed by atoms with Crippen LogP contribution in [0.4, 0.5) is 0 Å². The van der Waals surface area contributed by atoms with Crippen molar-refractivity contribution in [3.05, 3.63) is 0 Å². The van der Waals surface area contributed by atoms with Crippen LogP contribution in [0.25, 0.3) is 0 Å². The van der Waals surface area contributed by atoms with Crippen LogP contribution in [0.5, 0.6) is 0 Å². The first-order valence-corrected chi connectivity index (χ1v) is 8.34. The van der Waals surface area contributed by atoms with E-state index < -0.39 is 5.60 Å². The van der Waals surface area contributed by atoms with E-state index in [-0.39, 0.29) is 17.3 Å². The number of hydrogen-bond acceptors (Lipinski definition) is 4. The van der Waals surface area contributed by atoms with E-state index in [2.05, 4.69) is 11.8 Å². The van der Waals surface area contributed by atoms with Gasteiger partial charge in [0.05, 0.1) is 17.6 Å². The molecule has 0 aromatic heterocycles. The minimum Gasteiger partial charge on any atom is -0.377 e. The highest BCUT2D eigenvalue weighted by molar-refractivity contribution is 5.91. The molecule has 0 spiro atoms. The van der Waals surface area contributed by atoms with Crippen molar-refractivity contribution >= 4 is 5.78 Å². The van der Waals surface area contributed by atoms with Gasteiger partial charge in [0.15, 0.2) is 5.78 Å². The molecule has 2 rings (SSSR count). The Morgan fingerprint density at radius 1 is 1.33 bits per heavy atom. The van der Waals surface area contributed by atoms with Gasteiger partial charge >= 0.3 is 0 Å². The summed E-state index contributed by atoms with van der Waals surface area (Å²) in [5.74, 6) is 0.196. The molecule has 0 aliphatic carbocycles. The summed E-state index contributed by atoms with van der Waals surface area (Å²) in [4.78, 5) is 15.0. The molecule has 4 nitrogen and oxygen atoms in total. The topological polar surface area (TPSA) is 38.8 Å². The van der Waals surface area contributed by atoms with Gasteiger partial charge in [0, 0.05) is 19.7 Å². The molecule has 2 aliphatic rings. The maximum absolute atomic E-state index is 12.6. The Labute approximate surface area is 129 Å². The van der Waals surface area contributed by atoms with E-state index in [9.17, 15) is 4.79 Å². The van der Waals surface area contributed by atoms with Gasteiger partial charge in [-0.05, 0) is 53.5 Å². The molecule has 2 atom stereocenters. The van der Waals surface area contributed by atoms with Crippen LogP contribution in [0.15, 0.2) is 0 Å². The number of carbonyl (C=O) groups is 1. The number of hydrogen-bond donors (Lipinski definition) is 0. The molecule has 0 aromatic carbocycles. The highest BCUT2D eigenvalue weighted by Crippen LogP contribution is 2.39. The van der Waals surface area contributed by atoms with Crippen molar-refractivity contribution in [2.45, 2.75) is 71.2 Å². The fraction of sp³-hybridized carbons (Fsp3) is 0.941. The molecule has 2 aliphatic heterocycles. The van der Waals surface area contributed by atoms with Gasteiger partial charge < -0.3 is 9.47 Å². The number of piperidine rings is 1. The minimum atomic E-state index is -0.651. The molecule has 0 radical (unpaired) electrons. The van der Waals surface area contributed by atoms with Gasteiger partial charge in [0.2, 0.25) is 0 Å². The van der Waals surface area contributed by atoms with E-state index in [1.807, 2.05) is 27.7 Å². The van der Waals surface area contributed by atoms with Gasteiger partial charge in [0.1, 0.15) is 5.60 Å². The van der Waals surface area contributed by atoms with Gasteiger partial charge in [-0.3, -0.25) is 9.69 Å². The first-order valence-electron chi connectivity index (χ1n) is 8.34. The lowest BCUT2D eigenvalue weighted by Crippen LogP contribution is -2.46. The highest BCUT2D eigenvalue weighted by Gasteiger charge is 2.53. The zero-order valence-electron chi connectivity index (χ0n) is 14.3. The molecular weight excluding hydrogens is 266 g/mol. The monoisotopic (exact) mass is 297 g/mol. The Balaban J connectivity index is 1.96. The third-order valence-corrected chi connectivity index (χ3v) is 4.73. The minimum absolute atomic E-state index is 0.0441. The maximum Gasteiger partial charge on any atom is 0.171 e. The first kappa shape index (κ1) is 16.9. The smallest absolute Gasteiger partial charge is 0.171 e. The second-order valence-corrected chi connectivity index (χ2v) is 7.53. The average molecular weight is 297 g/mol. The number of likely N-dealkylation sites (tertiary alicyclic amines) is 1. The number of carbonyl (C=O) groups excluding carboxylic acids is 1. The molecule has 0 aromatic rings. The molecule has 21 heavy (non-hydrogen) atoms. The summed E-state index contributed by atoms with van der Waals surface area (Å²) in [5, 5.41) is 0. The van der Waals surface area contributed by atoms with Crippen molar-refractivity contribution in [2.75, 3.05) is 26.2 Å². The van der Waals surface area contributed by atoms with Crippen LogP contribution < -0.4 is 0 Å². The predicted octanol–water partition coefficient (Wildman–Crippen LogP) is 2.65. The Morgan fingerprint density at radius 3 is 2.62 bits per heavy atom. The lowest BCUT2D eigenvalue weighted by Gasteiger charge is -2.36. The Kier molecular flexibility index (Phi) is 5.11. The zero-order valence-corrected chi connectivity index (χ0v) is 14.3. The Hall–Kier alpha value is -0.450. The van der Waals surface area contributed by atoms with Crippen molar-refractivity contribution in [1.82, 2.24) is 4.90 Å². The lowest BCUT2D eigenvalue weighted by atomic mass is 9.85. The average Bonchev–Trinajstić information content (AvgIpc) is 2.55. The molecule has 2 unspecified atom stereocenters. The predicted molar refractivity (Wildman–Crippen MR) is 83.4 cm³/mol. The molecule has 0 bridgehead atoms. The number of rotatable bonds is 5. The van der Waals surface area contributed by atoms with Gasteiger partial charge in [-0.1, -0.05) is 6.92 Å². The third kappa shape index (κ3) is 3.85. The summed E-state index contributed by atoms with van der Waals surface area (Å²) in [7, 11) is 0. The normalized spacial score (nSPS) is 32.5. The van der Waals surface area contributed by atoms with Crippen LogP contribution in [0, 0.1) is 5.92 Å². The molecule has 2 saturated heterocycles. The van der Waals surface area contributed by atoms with E-state index in [1.165, 1.54) is 0 Å². The molecule has 0 saturated carbocycles. The lowest BCUT2D eigenvalue weighted by molar-refractivity contribution is -0.132. The molecule has 0 N–H and O–H groups in total. The largest absolute Gasteiger partial charge is 0.377 e. The van der Waals surface area contributed by atoms with Crippen molar-refractivity contribution in [3.8, 4) is 0 Å². The summed E-state index contributed by atoms with van der Waals surface area (Å²) in [6.07, 6.45) is 3.68. The van der Waals surface area contributed by atoms with Gasteiger partial charge in [0.25, 0.3) is 0 Å². The van der Waals surface area contributed by atoms with E-state index in [4.69, 9.17) is 9.47 Å². The summed E-state index contributed by atoms with van der Waals surface area (Å²) < 4.78 is 11.9. The molecular formula is C17H31NO3. The van der Waals surface area contributed by atoms with Crippen LogP contribution >= 0.6 is 0 Å². The van der Waals surface area contributed by atoms with E-state index in [0.717, 1.165) is 45.5 Å². The fourth-order valence-corrected chi connectivity index (χ4v) is 3.67. The highest BCUT2D eigenvalue weighted by atomic mass is 16.5. The van der Waals surface area contributed by atoms with Gasteiger partial charge in [-0.25, -0.2) is 0 Å². The SMILES string of the molecule is CCCOC1CCCN(CC2C(=O)C(C)(C)OC2(C)C)C1. The van der Waals surface area contributed by atoms with E-state index in [0.29, 0.717) is 6.10 Å². The maximum atomic E-state index is 12.6. The second kappa shape index (κ2) is 6.35. The Bertz CT molecular complexity index is 378. The second-order valence-electron chi connectivity index (χ2n) is 7.53. The number of ketones is 1. The molecule has 2 heterocycles. The molecule has 122 valence electrons. The zero-order chi connectivity index (χ0) is 15.7. The summed E-state index contributed by atoms with van der Waals surface area (Å²) >= 11 is 0. The number of nitrogens with zero attached hydrogens (tertiary/aromatic N) is 1. The quantitative estimate of drug-likeness (QED) is 0.782. The Morgan fingerprint density at radius 2 is 2.05 bits per heavy atom. The number of ether oxygens (including phenoxy) is 2. The van der Waals surface area contributed by atoms with Crippen LogP contribution in [0.2, 0.25) is 0 Å². The summed E-state index contributed by atoms with van der Waals surface area (Å²) in [6.45, 7) is 13.6. The van der Waals surface area contributed by atoms with Crippen LogP contribution in [-0.4, -0.2) is 54.2 Å². The van der Waals surface area contributed by atoms with Gasteiger partial charge in [-0.15, -0.1) is 0 Å². The van der Waals surface area contributed by atoms with Crippen LogP contribution in [0.3, 0.4) is 0 Å². The van der Waals surface area contributed by atoms with E-state index in [1.54, 1.807) is 0 Å². The standard InChI is InChI=1S/C17H31NO3/c1-6-10-20-13-8-7-9-18(11-13)12-14-15(19)17(4,5)21-16(14,2)3/h13-14H,6-12H2,1-5H3. The summed E-state index contributed by atoms with van der Waals surface area (Å²) in [5.41, 5.74) is -1.03. The van der Waals surface area contributed by atoms with Gasteiger partial charge in [-0.2, -0.15) is 0 Å². The first-order chi connectivity index (χ1) is 9.76. The molecule has 2 fully saturated rings. The van der Waals surface area contributed by atoms with Crippen molar-refractivity contribution in [1.29, 1.82) is 0 Å². The third-order valence-electron chi connectivity index (χ3n) is 4.73. The fourth-order valence-electron chi connectivity index (χ4n) is 3.67. The number of Topliss-reactive ketones (excluding diaryl/α,β-unsaturated/α-hetero) is 1. The van der Waals surface area contributed by atoms with E-state index >= 15 is 0 Å².